The van der Waals surface area contributed by atoms with Gasteiger partial charge < -0.3 is 30.1 Å². The van der Waals surface area contributed by atoms with Crippen LogP contribution in [0.5, 0.6) is 0 Å². The first-order valence-electron chi connectivity index (χ1n) is 12.1. The zero-order valence-electron chi connectivity index (χ0n) is 19.9. The van der Waals surface area contributed by atoms with Crippen molar-refractivity contribution in [3.05, 3.63) is 70.8 Å². The van der Waals surface area contributed by atoms with Gasteiger partial charge in [0.15, 0.2) is 12.1 Å². The second kappa shape index (κ2) is 8.77. The van der Waals surface area contributed by atoms with Crippen LogP contribution in [0.2, 0.25) is 5.02 Å². The third kappa shape index (κ3) is 4.21. The fraction of sp³-hybridized carbons (Fsp3) is 0.385. The normalized spacial score (nSPS) is 24.1. The van der Waals surface area contributed by atoms with Crippen molar-refractivity contribution in [3.8, 4) is 0 Å². The van der Waals surface area contributed by atoms with Gasteiger partial charge in [-0.3, -0.25) is 0 Å². The van der Waals surface area contributed by atoms with Crippen molar-refractivity contribution in [1.29, 1.82) is 0 Å². The minimum Gasteiger partial charge on any atom is -0.393 e. The Kier molecular flexibility index (Phi) is 5.57. The summed E-state index contributed by atoms with van der Waals surface area (Å²) < 4.78 is 0. The predicted molar refractivity (Wildman–Crippen MR) is 139 cm³/mol. The number of nitrogens with zero attached hydrogens (tertiary/aromatic N) is 5. The highest BCUT2D eigenvalue weighted by molar-refractivity contribution is 6.35. The molecule has 0 amide bonds. The van der Waals surface area contributed by atoms with Crippen molar-refractivity contribution in [2.24, 2.45) is 4.99 Å². The highest BCUT2D eigenvalue weighted by Crippen LogP contribution is 2.34. The van der Waals surface area contributed by atoms with E-state index in [-0.39, 0.29) is 12.4 Å². The largest absolute Gasteiger partial charge is 0.393 e. The quantitative estimate of drug-likeness (QED) is 0.498. The Morgan fingerprint density at radius 2 is 2.03 bits per heavy atom. The van der Waals surface area contributed by atoms with Crippen LogP contribution in [0.3, 0.4) is 0 Å². The fourth-order valence-electron chi connectivity index (χ4n) is 5.38. The number of amidine groups is 1. The molecule has 3 aliphatic rings. The highest BCUT2D eigenvalue weighted by Gasteiger charge is 2.34. The second-order valence-electron chi connectivity index (χ2n) is 9.79. The molecule has 0 radical (unpaired) electrons. The number of fused-ring (bicyclic) bond motifs is 2. The average Bonchev–Trinajstić information content (AvgIpc) is 3.53. The minimum absolute atomic E-state index is 0.208. The number of anilines is 1. The van der Waals surface area contributed by atoms with E-state index in [1.54, 1.807) is 0 Å². The lowest BCUT2D eigenvalue weighted by Crippen LogP contribution is -2.43. The second-order valence-corrected chi connectivity index (χ2v) is 10.2. The van der Waals surface area contributed by atoms with Crippen LogP contribution in [0.1, 0.15) is 36.6 Å². The summed E-state index contributed by atoms with van der Waals surface area (Å²) in [7, 11) is 4.12. The number of aliphatic hydroxyl groups excluding tert-OH is 1. The molecule has 0 bridgehead atoms. The summed E-state index contributed by atoms with van der Waals surface area (Å²) in [6.45, 7) is 1.48. The van der Waals surface area contributed by atoms with Gasteiger partial charge in [-0.25, -0.2) is 9.98 Å². The van der Waals surface area contributed by atoms with Gasteiger partial charge in [-0.15, -0.1) is 0 Å². The number of aromatic amines is 1. The fourth-order valence-corrected chi connectivity index (χ4v) is 5.61. The molecule has 3 N–H and O–H groups in total. The molecule has 3 aromatic rings. The van der Waals surface area contributed by atoms with Crippen molar-refractivity contribution in [1.82, 2.24) is 24.7 Å². The summed E-state index contributed by atoms with van der Waals surface area (Å²) in [4.78, 5) is 19.9. The zero-order valence-corrected chi connectivity index (χ0v) is 20.7. The van der Waals surface area contributed by atoms with Crippen molar-refractivity contribution >= 4 is 34.2 Å². The molecule has 3 atom stereocenters. The predicted octanol–water partition coefficient (Wildman–Crippen LogP) is 4.13. The summed E-state index contributed by atoms with van der Waals surface area (Å²) in [6, 6.07) is 14.1. The summed E-state index contributed by atoms with van der Waals surface area (Å²) >= 11 is 6.36. The number of likely N-dealkylation sites (N-methyl/N-ethyl adjacent to an activating group) is 2. The molecular weight excluding hydrogens is 462 g/mol. The standard InChI is InChI=1S/C26H30ClN7O/c1-32-15-34(13-17-12-19-20(27)5-3-7-22(19)28-17)14-23-25(32)31-26(33(23)2)30-24-8-4-6-21(29-24)16-9-10-18(35)11-16/h3-8,12,14,16,18,26,28,35H,9-11,13,15H2,1-2H3,(H,29,30). The smallest absolute Gasteiger partial charge is 0.200 e. The van der Waals surface area contributed by atoms with E-state index < -0.39 is 0 Å². The first kappa shape index (κ1) is 22.2. The molecular formula is C26H30ClN7O. The van der Waals surface area contributed by atoms with Crippen LogP contribution < -0.4 is 5.32 Å². The number of H-pyrrole nitrogens is 1. The molecule has 1 fully saturated rings. The third-order valence-electron chi connectivity index (χ3n) is 7.19. The molecule has 2 aliphatic heterocycles. The van der Waals surface area contributed by atoms with E-state index in [1.807, 2.05) is 24.3 Å². The Balaban J connectivity index is 1.19. The van der Waals surface area contributed by atoms with Gasteiger partial charge in [0.25, 0.3) is 0 Å². The maximum absolute atomic E-state index is 9.91. The van der Waals surface area contributed by atoms with E-state index >= 15 is 0 Å². The van der Waals surface area contributed by atoms with E-state index in [0.717, 1.165) is 77.1 Å². The molecule has 6 rings (SSSR count). The van der Waals surface area contributed by atoms with Crippen LogP contribution in [0.25, 0.3) is 10.9 Å². The Hall–Kier alpha value is -3.23. The van der Waals surface area contributed by atoms with Gasteiger partial charge in [-0.1, -0.05) is 23.7 Å². The molecule has 0 spiro atoms. The first-order chi connectivity index (χ1) is 16.9. The number of hydrogen-bond donors (Lipinski definition) is 3. The number of hydrogen-bond acceptors (Lipinski definition) is 7. The van der Waals surface area contributed by atoms with Crippen LogP contribution >= 0.6 is 11.6 Å². The van der Waals surface area contributed by atoms with Gasteiger partial charge in [-0.2, -0.15) is 0 Å². The van der Waals surface area contributed by atoms with Gasteiger partial charge in [-0.05, 0) is 49.6 Å². The Bertz CT molecular complexity index is 1320. The summed E-state index contributed by atoms with van der Waals surface area (Å²) in [5, 5.41) is 15.2. The number of halogens is 1. The highest BCUT2D eigenvalue weighted by atomic mass is 35.5. The van der Waals surface area contributed by atoms with E-state index in [1.165, 1.54) is 0 Å². The van der Waals surface area contributed by atoms with Crippen LogP contribution in [0.15, 0.2) is 59.4 Å². The lowest BCUT2D eigenvalue weighted by molar-refractivity contribution is 0.181. The Labute approximate surface area is 209 Å². The first-order valence-corrected chi connectivity index (χ1v) is 12.5. The number of nitrogens with one attached hydrogen (secondary N) is 2. The number of aromatic nitrogens is 2. The Morgan fingerprint density at radius 3 is 2.83 bits per heavy atom. The van der Waals surface area contributed by atoms with Gasteiger partial charge in [0.05, 0.1) is 25.0 Å². The molecule has 3 unspecified atom stereocenters. The van der Waals surface area contributed by atoms with E-state index in [0.29, 0.717) is 5.92 Å². The van der Waals surface area contributed by atoms with Crippen molar-refractivity contribution in [2.45, 2.75) is 44.1 Å². The van der Waals surface area contributed by atoms with E-state index in [2.05, 4.69) is 63.5 Å². The third-order valence-corrected chi connectivity index (χ3v) is 7.52. The minimum atomic E-state index is -0.234. The van der Waals surface area contributed by atoms with Gasteiger partial charge in [0.2, 0.25) is 0 Å². The van der Waals surface area contributed by atoms with Crippen molar-refractivity contribution < 1.29 is 5.11 Å². The zero-order chi connectivity index (χ0) is 24.1. The van der Waals surface area contributed by atoms with Crippen LogP contribution in [-0.2, 0) is 6.54 Å². The monoisotopic (exact) mass is 491 g/mol. The molecule has 0 saturated heterocycles. The Morgan fingerprint density at radius 1 is 1.17 bits per heavy atom. The number of pyridine rings is 1. The number of aliphatic imine (C=N–C) groups is 1. The van der Waals surface area contributed by atoms with E-state index in [4.69, 9.17) is 21.6 Å². The number of benzene rings is 1. The summed E-state index contributed by atoms with van der Waals surface area (Å²) in [5.74, 6) is 2.10. The molecule has 182 valence electrons. The molecule has 8 nitrogen and oxygen atoms in total. The maximum atomic E-state index is 9.91. The lowest BCUT2D eigenvalue weighted by atomic mass is 10.0. The van der Waals surface area contributed by atoms with Gasteiger partial charge in [0.1, 0.15) is 5.82 Å². The molecule has 4 heterocycles. The SMILES string of the molecule is CN1CN(Cc2cc3c(Cl)cccc3[nH]2)C=C2C1=NC(Nc1cccc(C3CCC(O)C3)n1)N2C. The average molecular weight is 492 g/mol. The molecule has 35 heavy (non-hydrogen) atoms. The topological polar surface area (TPSA) is 83.0 Å². The van der Waals surface area contributed by atoms with Crippen molar-refractivity contribution in [3.63, 3.8) is 0 Å². The molecule has 1 saturated carbocycles. The molecule has 9 heteroatoms. The molecule has 1 aromatic carbocycles. The van der Waals surface area contributed by atoms with Crippen LogP contribution in [-0.4, -0.2) is 68.8 Å². The van der Waals surface area contributed by atoms with E-state index in [9.17, 15) is 5.11 Å². The van der Waals surface area contributed by atoms with Crippen molar-refractivity contribution in [2.75, 3.05) is 26.1 Å². The molecule has 2 aromatic heterocycles. The maximum Gasteiger partial charge on any atom is 0.200 e. The molecule has 1 aliphatic carbocycles. The van der Waals surface area contributed by atoms with Gasteiger partial charge >= 0.3 is 0 Å². The van der Waals surface area contributed by atoms with Crippen LogP contribution in [0.4, 0.5) is 5.82 Å². The number of aliphatic hydroxyl groups is 1. The summed E-state index contributed by atoms with van der Waals surface area (Å²) in [5.41, 5.74) is 4.28. The lowest BCUT2D eigenvalue weighted by Gasteiger charge is -2.35. The van der Waals surface area contributed by atoms with Gasteiger partial charge in [0, 0.05) is 53.5 Å². The van der Waals surface area contributed by atoms with Crippen LogP contribution in [0, 0.1) is 0 Å². The number of rotatable bonds is 5. The summed E-state index contributed by atoms with van der Waals surface area (Å²) in [6.07, 6.45) is 4.36.